The van der Waals surface area contributed by atoms with Gasteiger partial charge >= 0.3 is 7.12 Å². The molecule has 5 heteroatoms. The molecule has 4 rings (SSSR count). The van der Waals surface area contributed by atoms with Crippen LogP contribution in [0.1, 0.15) is 27.7 Å². The second-order valence-corrected chi connectivity index (χ2v) is 8.12. The maximum absolute atomic E-state index is 6.25. The average Bonchev–Trinajstić information content (AvgIpc) is 3.09. The Bertz CT molecular complexity index is 882. The van der Waals surface area contributed by atoms with Crippen LogP contribution in [0.15, 0.2) is 48.0 Å². The van der Waals surface area contributed by atoms with Crippen molar-refractivity contribution >= 4 is 34.1 Å². The van der Waals surface area contributed by atoms with E-state index in [9.17, 15) is 0 Å². The second-order valence-electron chi connectivity index (χ2n) is 7.17. The maximum atomic E-state index is 6.25. The molecule has 3 nitrogen and oxygen atoms in total. The molecule has 0 radical (unpaired) electrons. The maximum Gasteiger partial charge on any atom is 0.506 e. The van der Waals surface area contributed by atoms with Crippen LogP contribution in [0.4, 0.5) is 0 Å². The third-order valence-corrected chi connectivity index (χ3v) is 6.02. The van der Waals surface area contributed by atoms with E-state index in [1.165, 1.54) is 0 Å². The van der Waals surface area contributed by atoms with Crippen LogP contribution in [0.3, 0.4) is 0 Å². The Labute approximate surface area is 146 Å². The Balaban J connectivity index is 1.82. The molecule has 0 amide bonds. The van der Waals surface area contributed by atoms with Crippen molar-refractivity contribution in [2.45, 2.75) is 38.9 Å². The molecule has 0 N–H and O–H groups in total. The van der Waals surface area contributed by atoms with E-state index >= 15 is 0 Å². The molecular formula is C19H20BNO2S. The molecule has 0 spiro atoms. The molecule has 1 aromatic carbocycles. The first kappa shape index (κ1) is 15.8. The first-order chi connectivity index (χ1) is 11.4. The van der Waals surface area contributed by atoms with Crippen LogP contribution in [0, 0.1) is 0 Å². The number of hydrogen-bond acceptors (Lipinski definition) is 4. The first-order valence-electron chi connectivity index (χ1n) is 8.16. The minimum atomic E-state index is -0.344. The second kappa shape index (κ2) is 5.41. The minimum Gasteiger partial charge on any atom is -0.399 e. The average molecular weight is 337 g/mol. The molecule has 3 heterocycles. The lowest BCUT2D eigenvalue weighted by molar-refractivity contribution is 0.00578. The fourth-order valence-electron chi connectivity index (χ4n) is 3.00. The van der Waals surface area contributed by atoms with E-state index in [1.807, 2.05) is 12.3 Å². The Morgan fingerprint density at radius 1 is 0.917 bits per heavy atom. The zero-order chi connectivity index (χ0) is 16.9. The summed E-state index contributed by atoms with van der Waals surface area (Å²) in [5, 5.41) is 3.23. The van der Waals surface area contributed by atoms with E-state index in [1.54, 1.807) is 11.3 Å². The fraction of sp³-hybridized carbons (Fsp3) is 0.316. The van der Waals surface area contributed by atoms with Gasteiger partial charge in [0.15, 0.2) is 0 Å². The lowest BCUT2D eigenvalue weighted by Gasteiger charge is -2.32. The molecule has 1 saturated heterocycles. The SMILES string of the molecule is CC1(C)OB(c2sccc2-c2cccc3cccnc23)OC1(C)C. The van der Waals surface area contributed by atoms with Crippen LogP contribution in [-0.4, -0.2) is 23.3 Å². The quantitative estimate of drug-likeness (QED) is 0.655. The highest BCUT2D eigenvalue weighted by atomic mass is 32.1. The predicted octanol–water partition coefficient (Wildman–Crippen LogP) is 4.26. The summed E-state index contributed by atoms with van der Waals surface area (Å²) in [6.07, 6.45) is 1.84. The van der Waals surface area contributed by atoms with Gasteiger partial charge in [-0.3, -0.25) is 4.98 Å². The zero-order valence-electron chi connectivity index (χ0n) is 14.4. The summed E-state index contributed by atoms with van der Waals surface area (Å²) in [7, 11) is -0.344. The summed E-state index contributed by atoms with van der Waals surface area (Å²) in [6.45, 7) is 8.33. The number of rotatable bonds is 2. The molecule has 122 valence electrons. The van der Waals surface area contributed by atoms with Gasteiger partial charge in [0, 0.05) is 21.9 Å². The van der Waals surface area contributed by atoms with Crippen LogP contribution >= 0.6 is 11.3 Å². The van der Waals surface area contributed by atoms with Gasteiger partial charge in [-0.25, -0.2) is 0 Å². The number of aromatic nitrogens is 1. The smallest absolute Gasteiger partial charge is 0.399 e. The van der Waals surface area contributed by atoms with E-state index in [0.717, 1.165) is 26.8 Å². The van der Waals surface area contributed by atoms with E-state index in [2.05, 4.69) is 68.4 Å². The largest absolute Gasteiger partial charge is 0.506 e. The summed E-state index contributed by atoms with van der Waals surface area (Å²) >= 11 is 1.67. The zero-order valence-corrected chi connectivity index (χ0v) is 15.2. The topological polar surface area (TPSA) is 31.4 Å². The van der Waals surface area contributed by atoms with Crippen molar-refractivity contribution in [3.05, 3.63) is 48.0 Å². The molecule has 0 unspecified atom stereocenters. The third-order valence-electron chi connectivity index (χ3n) is 5.09. The summed E-state index contributed by atoms with van der Waals surface area (Å²) in [4.78, 5) is 4.59. The molecule has 1 aliphatic heterocycles. The predicted molar refractivity (Wildman–Crippen MR) is 101 cm³/mol. The molecule has 0 saturated carbocycles. The van der Waals surface area contributed by atoms with Crippen molar-refractivity contribution < 1.29 is 9.31 Å². The number of benzene rings is 1. The van der Waals surface area contributed by atoms with Gasteiger partial charge in [0.05, 0.1) is 16.7 Å². The number of hydrogen-bond donors (Lipinski definition) is 0. The van der Waals surface area contributed by atoms with Crippen molar-refractivity contribution in [1.29, 1.82) is 0 Å². The molecule has 1 aliphatic rings. The molecule has 24 heavy (non-hydrogen) atoms. The highest BCUT2D eigenvalue weighted by molar-refractivity contribution is 7.21. The molecular weight excluding hydrogens is 317 g/mol. The van der Waals surface area contributed by atoms with Crippen molar-refractivity contribution in [2.24, 2.45) is 0 Å². The molecule has 0 atom stereocenters. The number of nitrogens with zero attached hydrogens (tertiary/aromatic N) is 1. The summed E-state index contributed by atoms with van der Waals surface area (Å²) in [6, 6.07) is 12.5. The van der Waals surface area contributed by atoms with E-state index in [-0.39, 0.29) is 18.3 Å². The van der Waals surface area contributed by atoms with Crippen molar-refractivity contribution in [3.63, 3.8) is 0 Å². The number of fused-ring (bicyclic) bond motifs is 1. The van der Waals surface area contributed by atoms with Crippen molar-refractivity contribution in [1.82, 2.24) is 4.98 Å². The Kier molecular flexibility index (Phi) is 3.57. The normalized spacial score (nSPS) is 19.1. The van der Waals surface area contributed by atoms with E-state index in [4.69, 9.17) is 9.31 Å². The van der Waals surface area contributed by atoms with Crippen LogP contribution in [0.5, 0.6) is 0 Å². The molecule has 0 aliphatic carbocycles. The van der Waals surface area contributed by atoms with E-state index < -0.39 is 0 Å². The summed E-state index contributed by atoms with van der Waals surface area (Å²) in [5.41, 5.74) is 2.60. The Morgan fingerprint density at radius 3 is 2.38 bits per heavy atom. The van der Waals surface area contributed by atoms with Crippen molar-refractivity contribution in [3.8, 4) is 11.1 Å². The van der Waals surface area contributed by atoms with Gasteiger partial charge in [-0.2, -0.15) is 11.3 Å². The van der Waals surface area contributed by atoms with Gasteiger partial charge in [0.25, 0.3) is 0 Å². The molecule has 1 fully saturated rings. The minimum absolute atomic E-state index is 0.337. The van der Waals surface area contributed by atoms with Gasteiger partial charge in [-0.1, -0.05) is 24.3 Å². The van der Waals surface area contributed by atoms with Gasteiger partial charge < -0.3 is 9.31 Å². The lowest BCUT2D eigenvalue weighted by Crippen LogP contribution is -2.41. The molecule has 0 bridgehead atoms. The Hall–Kier alpha value is -1.69. The van der Waals surface area contributed by atoms with Crippen LogP contribution in [0.2, 0.25) is 0 Å². The van der Waals surface area contributed by atoms with Crippen LogP contribution in [-0.2, 0) is 9.31 Å². The van der Waals surface area contributed by atoms with E-state index in [0.29, 0.717) is 0 Å². The third kappa shape index (κ3) is 2.39. The number of pyridine rings is 1. The Morgan fingerprint density at radius 2 is 1.62 bits per heavy atom. The van der Waals surface area contributed by atoms with Crippen LogP contribution in [0.25, 0.3) is 22.0 Å². The summed E-state index contributed by atoms with van der Waals surface area (Å²) in [5.74, 6) is 0. The molecule has 3 aromatic rings. The van der Waals surface area contributed by atoms with Crippen LogP contribution < -0.4 is 4.78 Å². The number of para-hydroxylation sites is 1. The van der Waals surface area contributed by atoms with Gasteiger partial charge in [0.1, 0.15) is 0 Å². The number of thiophene rings is 1. The highest BCUT2D eigenvalue weighted by Gasteiger charge is 2.52. The fourth-order valence-corrected chi connectivity index (χ4v) is 3.86. The highest BCUT2D eigenvalue weighted by Crippen LogP contribution is 2.38. The van der Waals surface area contributed by atoms with Gasteiger partial charge in [-0.05, 0) is 50.8 Å². The lowest BCUT2D eigenvalue weighted by atomic mass is 9.82. The van der Waals surface area contributed by atoms with Gasteiger partial charge in [-0.15, -0.1) is 0 Å². The summed E-state index contributed by atoms with van der Waals surface area (Å²) < 4.78 is 13.6. The first-order valence-corrected chi connectivity index (χ1v) is 9.04. The standard InChI is InChI=1S/C19H20BNO2S/c1-18(2)19(3,4)23-20(22-18)17-15(10-12-24-17)14-9-5-7-13-8-6-11-21-16(13)14/h5-12H,1-4H3. The monoisotopic (exact) mass is 337 g/mol. The van der Waals surface area contributed by atoms with Gasteiger partial charge in [0.2, 0.25) is 0 Å². The van der Waals surface area contributed by atoms with Crippen molar-refractivity contribution in [2.75, 3.05) is 0 Å². The molecule has 2 aromatic heterocycles.